The predicted molar refractivity (Wildman–Crippen MR) is 58.6 cm³/mol. The molecule has 86 valence electrons. The van der Waals surface area contributed by atoms with Gasteiger partial charge in [-0.05, 0) is 20.3 Å². The maximum absolute atomic E-state index is 5.24. The van der Waals surface area contributed by atoms with E-state index >= 15 is 0 Å². The Balaban J connectivity index is 2.01. The van der Waals surface area contributed by atoms with E-state index in [1.807, 2.05) is 11.6 Å². The lowest BCUT2D eigenvalue weighted by Gasteiger charge is -2.13. The highest BCUT2D eigenvalue weighted by atomic mass is 16.5. The zero-order chi connectivity index (χ0) is 10.9. The highest BCUT2D eigenvalue weighted by Crippen LogP contribution is 1.93. The summed E-state index contributed by atoms with van der Waals surface area (Å²) >= 11 is 0. The summed E-state index contributed by atoms with van der Waals surface area (Å²) in [6, 6.07) is 0.481. The molecule has 0 aliphatic heterocycles. The van der Waals surface area contributed by atoms with Crippen molar-refractivity contribution in [3.63, 3.8) is 0 Å². The second kappa shape index (κ2) is 7.36. The summed E-state index contributed by atoms with van der Waals surface area (Å²) in [6.07, 6.45) is 4.36. The number of aryl methyl sites for hydroxylation is 1. The first kappa shape index (κ1) is 12.1. The minimum absolute atomic E-state index is 0.481. The third-order valence-electron chi connectivity index (χ3n) is 2.20. The van der Waals surface area contributed by atoms with Crippen LogP contribution in [-0.2, 0) is 11.3 Å². The Morgan fingerprint density at radius 2 is 2.40 bits per heavy atom. The molecule has 0 saturated carbocycles. The molecule has 1 heterocycles. The predicted octanol–water partition coefficient (Wildman–Crippen LogP) is 0.683. The average molecular weight is 212 g/mol. The minimum Gasteiger partial charge on any atom is -0.380 e. The molecule has 1 unspecified atom stereocenters. The maximum atomic E-state index is 5.24. The molecule has 1 aromatic rings. The Bertz CT molecular complexity index is 238. The summed E-state index contributed by atoms with van der Waals surface area (Å²) in [5.41, 5.74) is 0. The minimum atomic E-state index is 0.481. The largest absolute Gasteiger partial charge is 0.380 e. The van der Waals surface area contributed by atoms with Gasteiger partial charge in [0, 0.05) is 25.7 Å². The number of hydrogen-bond acceptors (Lipinski definition) is 4. The van der Waals surface area contributed by atoms with Gasteiger partial charge in [0.2, 0.25) is 0 Å². The summed E-state index contributed by atoms with van der Waals surface area (Å²) in [6.45, 7) is 7.56. The van der Waals surface area contributed by atoms with Gasteiger partial charge in [-0.3, -0.25) is 4.68 Å². The quantitative estimate of drug-likeness (QED) is 0.644. The van der Waals surface area contributed by atoms with Crippen LogP contribution in [0.25, 0.3) is 0 Å². The lowest BCUT2D eigenvalue weighted by molar-refractivity contribution is 0.146. The van der Waals surface area contributed by atoms with Crippen LogP contribution in [0.2, 0.25) is 0 Å². The van der Waals surface area contributed by atoms with Gasteiger partial charge >= 0.3 is 0 Å². The van der Waals surface area contributed by atoms with E-state index in [1.54, 1.807) is 12.7 Å². The van der Waals surface area contributed by atoms with Crippen molar-refractivity contribution in [1.29, 1.82) is 0 Å². The molecule has 0 bridgehead atoms. The number of nitrogens with one attached hydrogen (secondary N) is 1. The smallest absolute Gasteiger partial charge is 0.137 e. The van der Waals surface area contributed by atoms with Crippen LogP contribution in [-0.4, -0.2) is 40.6 Å². The molecule has 0 aliphatic rings. The fraction of sp³-hybridized carbons (Fsp3) is 0.800. The number of aromatic nitrogens is 3. The van der Waals surface area contributed by atoms with E-state index in [1.165, 1.54) is 0 Å². The monoisotopic (exact) mass is 212 g/mol. The van der Waals surface area contributed by atoms with Gasteiger partial charge in [0.15, 0.2) is 0 Å². The standard InChI is InChI=1S/C10H20N4O/c1-3-15-7-5-12-10(2)4-6-14-9-11-8-13-14/h8-10,12H,3-7H2,1-2H3. The molecular formula is C10H20N4O. The van der Waals surface area contributed by atoms with E-state index in [-0.39, 0.29) is 0 Å². The van der Waals surface area contributed by atoms with Crippen molar-refractivity contribution >= 4 is 0 Å². The molecule has 1 rings (SSSR count). The van der Waals surface area contributed by atoms with Crippen LogP contribution in [0.3, 0.4) is 0 Å². The summed E-state index contributed by atoms with van der Waals surface area (Å²) in [5.74, 6) is 0. The molecule has 5 heteroatoms. The van der Waals surface area contributed by atoms with E-state index in [4.69, 9.17) is 4.74 Å². The molecule has 1 N–H and O–H groups in total. The Hall–Kier alpha value is -0.940. The van der Waals surface area contributed by atoms with E-state index < -0.39 is 0 Å². The third-order valence-corrected chi connectivity index (χ3v) is 2.20. The molecule has 15 heavy (non-hydrogen) atoms. The number of hydrogen-bond donors (Lipinski definition) is 1. The summed E-state index contributed by atoms with van der Waals surface area (Å²) < 4.78 is 7.09. The summed E-state index contributed by atoms with van der Waals surface area (Å²) in [5, 5.41) is 7.44. The van der Waals surface area contributed by atoms with Crippen LogP contribution in [0.1, 0.15) is 20.3 Å². The normalized spacial score (nSPS) is 12.9. The second-order valence-electron chi connectivity index (χ2n) is 3.50. The van der Waals surface area contributed by atoms with Crippen molar-refractivity contribution in [3.05, 3.63) is 12.7 Å². The van der Waals surface area contributed by atoms with Gasteiger partial charge in [0.05, 0.1) is 6.61 Å². The Morgan fingerprint density at radius 1 is 1.53 bits per heavy atom. The van der Waals surface area contributed by atoms with Crippen LogP contribution in [0, 0.1) is 0 Å². The Morgan fingerprint density at radius 3 is 3.07 bits per heavy atom. The van der Waals surface area contributed by atoms with Crippen LogP contribution in [0.5, 0.6) is 0 Å². The molecule has 0 spiro atoms. The number of nitrogens with zero attached hydrogens (tertiary/aromatic N) is 3. The van der Waals surface area contributed by atoms with Crippen molar-refractivity contribution in [2.24, 2.45) is 0 Å². The number of rotatable bonds is 8. The Labute approximate surface area is 90.8 Å². The van der Waals surface area contributed by atoms with Gasteiger partial charge < -0.3 is 10.1 Å². The topological polar surface area (TPSA) is 52.0 Å². The summed E-state index contributed by atoms with van der Waals surface area (Å²) in [7, 11) is 0. The maximum Gasteiger partial charge on any atom is 0.137 e. The first-order chi connectivity index (χ1) is 7.33. The fourth-order valence-corrected chi connectivity index (χ4v) is 1.30. The Kier molecular flexibility index (Phi) is 5.96. The van der Waals surface area contributed by atoms with Crippen molar-refractivity contribution in [3.8, 4) is 0 Å². The molecule has 5 nitrogen and oxygen atoms in total. The van der Waals surface area contributed by atoms with Gasteiger partial charge in [0.1, 0.15) is 12.7 Å². The van der Waals surface area contributed by atoms with Crippen LogP contribution < -0.4 is 5.32 Å². The summed E-state index contributed by atoms with van der Waals surface area (Å²) in [4.78, 5) is 3.90. The van der Waals surface area contributed by atoms with Crippen molar-refractivity contribution < 1.29 is 4.74 Å². The molecule has 0 amide bonds. The van der Waals surface area contributed by atoms with Crippen LogP contribution in [0.15, 0.2) is 12.7 Å². The third kappa shape index (κ3) is 5.49. The lowest BCUT2D eigenvalue weighted by Crippen LogP contribution is -2.30. The van der Waals surface area contributed by atoms with Crippen LogP contribution >= 0.6 is 0 Å². The average Bonchev–Trinajstić information content (AvgIpc) is 2.74. The van der Waals surface area contributed by atoms with Gasteiger partial charge in [-0.25, -0.2) is 4.98 Å². The lowest BCUT2D eigenvalue weighted by atomic mass is 10.2. The zero-order valence-electron chi connectivity index (χ0n) is 9.52. The van der Waals surface area contributed by atoms with Gasteiger partial charge in [-0.1, -0.05) is 0 Å². The zero-order valence-corrected chi connectivity index (χ0v) is 9.52. The fourth-order valence-electron chi connectivity index (χ4n) is 1.30. The molecule has 0 radical (unpaired) electrons. The molecule has 0 aliphatic carbocycles. The molecule has 0 aromatic carbocycles. The molecule has 0 fully saturated rings. The molecular weight excluding hydrogens is 192 g/mol. The molecule has 1 atom stereocenters. The van der Waals surface area contributed by atoms with Crippen molar-refractivity contribution in [1.82, 2.24) is 20.1 Å². The number of ether oxygens (including phenoxy) is 1. The van der Waals surface area contributed by atoms with Crippen LogP contribution in [0.4, 0.5) is 0 Å². The van der Waals surface area contributed by atoms with Gasteiger partial charge in [0.25, 0.3) is 0 Å². The van der Waals surface area contributed by atoms with E-state index in [0.29, 0.717) is 6.04 Å². The van der Waals surface area contributed by atoms with E-state index in [9.17, 15) is 0 Å². The molecule has 0 saturated heterocycles. The van der Waals surface area contributed by atoms with Crippen molar-refractivity contribution in [2.45, 2.75) is 32.9 Å². The van der Waals surface area contributed by atoms with E-state index in [0.717, 1.165) is 32.7 Å². The second-order valence-corrected chi connectivity index (χ2v) is 3.50. The first-order valence-corrected chi connectivity index (χ1v) is 5.46. The highest BCUT2D eigenvalue weighted by molar-refractivity contribution is 4.62. The van der Waals surface area contributed by atoms with Gasteiger partial charge in [-0.2, -0.15) is 5.10 Å². The van der Waals surface area contributed by atoms with E-state index in [2.05, 4.69) is 22.3 Å². The molecule has 1 aromatic heterocycles. The first-order valence-electron chi connectivity index (χ1n) is 5.46. The van der Waals surface area contributed by atoms with Crippen molar-refractivity contribution in [2.75, 3.05) is 19.8 Å². The van der Waals surface area contributed by atoms with Gasteiger partial charge in [-0.15, -0.1) is 0 Å². The highest BCUT2D eigenvalue weighted by Gasteiger charge is 2.01. The SMILES string of the molecule is CCOCCNC(C)CCn1cncn1.